The topological polar surface area (TPSA) is 433 Å². The Labute approximate surface area is 738 Å². The van der Waals surface area contributed by atoms with Gasteiger partial charge in [-0.15, -0.1) is 0 Å². The first kappa shape index (κ1) is 99.6. The number of oxazole rings is 1. The number of aliphatic hydroxyl groups is 3. The fourth-order valence-electron chi connectivity index (χ4n) is 17.1. The Kier molecular flexibility index (Phi) is 39.9. The van der Waals surface area contributed by atoms with Crippen LogP contribution >= 0.6 is 0 Å². The molecule has 0 unspecified atom stereocenters. The van der Waals surface area contributed by atoms with Crippen molar-refractivity contribution in [3.8, 4) is 11.3 Å². The zero-order chi connectivity index (χ0) is 90.2. The van der Waals surface area contributed by atoms with Gasteiger partial charge in [-0.05, 0) is 148 Å². The number of nitrogens with two attached hydrogens (primary N) is 2. The number of hydrogen-bond donors (Lipinski definition) is 6. The quantitative estimate of drug-likeness (QED) is 0.00945. The molecule has 10 rings (SSSR count). The molecule has 7 heterocycles. The van der Waals surface area contributed by atoms with Crippen molar-refractivity contribution in [3.63, 3.8) is 0 Å². The predicted molar refractivity (Wildman–Crippen MR) is 467 cm³/mol. The SMILES string of the molecule is CO[C@H]1C[C@@H]2CC[C@@H](C)[C@@](O)(O2)C(=O)C(=O)N2CCCC[C@H]2C(=O)O[C@H]([C@H](C)C[C@@H]2CC[C@@H](OC(=O)NCCOCCOCCOCCOCCOCCOCCOCCOCC(=O)N3CCc4cc(Cn5nc(-c6ccc7oc(N)nc7c6)c6c(N)ncnc65)ccc4C3)[C@H](OC)C2)C[C@@H](O)[C@H](C)/C=C(\C)[C@@H](O)[C@@H](OC)C(=O)[C@H](C)C[C@H](C)/C=C/C=CC=C1C. The molecular weight excluding hydrogens is 1630 g/mol. The number of carbonyl (C=O) groups is 6. The maximum atomic E-state index is 14.8. The molecule has 0 radical (unpaired) electrons. The lowest BCUT2D eigenvalue weighted by Crippen LogP contribution is -2.61. The smallest absolute Gasteiger partial charge is 0.407 e. The largest absolute Gasteiger partial charge is 0.460 e. The minimum absolute atomic E-state index is 0.00399. The number of amides is 3. The van der Waals surface area contributed by atoms with Gasteiger partial charge < -0.3 is 113 Å². The van der Waals surface area contributed by atoms with Gasteiger partial charge in [0.2, 0.25) is 11.7 Å². The van der Waals surface area contributed by atoms with Crippen molar-refractivity contribution in [3.05, 3.63) is 107 Å². The molecule has 16 atom stereocenters. The summed E-state index contributed by atoms with van der Waals surface area (Å²) < 4.78 is 88.4. The molecule has 696 valence electrons. The predicted octanol–water partition coefficient (Wildman–Crippen LogP) is 8.58. The molecule has 34 heteroatoms. The molecule has 2 aromatic carbocycles. The molecule has 34 nitrogen and oxygen atoms in total. The number of nitrogen functional groups attached to an aromatic ring is 2. The van der Waals surface area contributed by atoms with Crippen LogP contribution in [0, 0.1) is 35.5 Å². The summed E-state index contributed by atoms with van der Waals surface area (Å²) in [4.78, 5) is 100. The normalized spacial score (nSPS) is 27.0. The minimum atomic E-state index is -2.47. The number of nitrogens with zero attached hydrogens (tertiary/aromatic N) is 7. The van der Waals surface area contributed by atoms with E-state index < -0.39 is 102 Å². The van der Waals surface area contributed by atoms with Gasteiger partial charge in [0.15, 0.2) is 17.0 Å². The van der Waals surface area contributed by atoms with Gasteiger partial charge in [-0.1, -0.05) is 89.3 Å². The van der Waals surface area contributed by atoms with Gasteiger partial charge in [0.25, 0.3) is 17.7 Å². The lowest BCUT2D eigenvalue weighted by atomic mass is 9.78. The number of anilines is 2. The number of benzene rings is 2. The number of aliphatic hydroxyl groups excluding tert-OH is 2. The first-order valence-corrected chi connectivity index (χ1v) is 44.5. The third kappa shape index (κ3) is 28.7. The van der Waals surface area contributed by atoms with Gasteiger partial charge in [0.1, 0.15) is 60.4 Å². The molecule has 5 aliphatic rings. The summed E-state index contributed by atoms with van der Waals surface area (Å²) in [5, 5.41) is 44.2. The van der Waals surface area contributed by atoms with E-state index in [-0.39, 0.29) is 81.2 Å². The second kappa shape index (κ2) is 50.4. The number of allylic oxidation sites excluding steroid dienone is 5. The number of ether oxygens (including phenoxy) is 14. The number of carbonyl (C=O) groups excluding carboxylic acids is 6. The highest BCUT2D eigenvalue weighted by atomic mass is 16.6. The molecule has 3 aromatic heterocycles. The van der Waals surface area contributed by atoms with Crippen molar-refractivity contribution in [1.82, 2.24) is 39.8 Å². The number of rotatable bonds is 36. The lowest BCUT2D eigenvalue weighted by molar-refractivity contribution is -0.265. The Morgan fingerprint density at radius 2 is 1.39 bits per heavy atom. The van der Waals surface area contributed by atoms with Gasteiger partial charge >= 0.3 is 12.1 Å². The molecule has 5 aromatic rings. The highest BCUT2D eigenvalue weighted by molar-refractivity contribution is 6.39. The monoisotopic (exact) mass is 1760 g/mol. The van der Waals surface area contributed by atoms with E-state index in [0.29, 0.717) is 215 Å². The maximum absolute atomic E-state index is 14.8. The molecule has 8 N–H and O–H groups in total. The number of alkyl carbamates (subject to hydrolysis) is 1. The van der Waals surface area contributed by atoms with Crippen molar-refractivity contribution in [2.45, 2.75) is 206 Å². The Hall–Kier alpha value is -8.56. The van der Waals surface area contributed by atoms with Crippen LogP contribution in [-0.2, 0) is 110 Å². The molecule has 4 aliphatic heterocycles. The van der Waals surface area contributed by atoms with E-state index in [9.17, 15) is 44.1 Å². The lowest BCUT2D eigenvalue weighted by Gasteiger charge is -2.43. The summed E-state index contributed by atoms with van der Waals surface area (Å²) in [6.07, 6.45) is 11.1. The van der Waals surface area contributed by atoms with Crippen LogP contribution in [0.1, 0.15) is 142 Å². The zero-order valence-electron chi connectivity index (χ0n) is 74.9. The summed E-state index contributed by atoms with van der Waals surface area (Å²) in [5.41, 5.74) is 19.9. The fraction of sp³-hybridized carbons (Fsp3) is 0.652. The van der Waals surface area contributed by atoms with Crippen molar-refractivity contribution in [2.75, 3.05) is 158 Å². The third-order valence-corrected chi connectivity index (χ3v) is 24.4. The van der Waals surface area contributed by atoms with E-state index >= 15 is 0 Å². The molecule has 3 amide bonds. The van der Waals surface area contributed by atoms with E-state index in [4.69, 9.17) is 87.3 Å². The number of hydrogen-bond acceptors (Lipinski definition) is 30. The Bertz CT molecular complexity index is 4440. The second-order valence-corrected chi connectivity index (χ2v) is 33.8. The molecule has 1 aliphatic carbocycles. The Morgan fingerprint density at radius 3 is 2.06 bits per heavy atom. The number of piperidine rings is 1. The summed E-state index contributed by atoms with van der Waals surface area (Å²) >= 11 is 0. The maximum Gasteiger partial charge on any atom is 0.407 e. The van der Waals surface area contributed by atoms with Crippen LogP contribution in [-0.4, -0.2) is 293 Å². The average molecular weight is 1760 g/mol. The number of aromatic nitrogens is 5. The molecule has 2 bridgehead atoms. The number of esters is 1. The van der Waals surface area contributed by atoms with Crippen molar-refractivity contribution >= 4 is 69.4 Å². The number of fused-ring (bicyclic) bond motifs is 6. The van der Waals surface area contributed by atoms with Crippen LogP contribution in [0.2, 0.25) is 0 Å². The minimum Gasteiger partial charge on any atom is -0.460 e. The standard InChI is InChI=1S/C92H134N10O24/c1-58-16-12-11-13-17-59(2)76(112-8)52-70-24-19-64(7)92(111,126-70)85(107)88(108)101-29-15-14-18-72(101)89(109)123-77(53-73(103)60(3)47-63(6)83(106)84(114-10)82(105)62(5)46-58)61(4)48-65-21-25-75(78(50-65)113-9)125-91(110)95-28-31-115-32-33-116-34-35-117-36-37-118-38-39-119-40-41-120-42-43-121-44-45-122-56-79(104)100-30-27-67-49-66(20-22-69(67)55-100)54-102-87-80(86(93)96-57-97-87)81(99-102)68-23-26-74-71(51-68)98-90(94)124-74/h11-13,16-17,20,22-23,26,47,49,51,57-58,60-62,64-65,70,72-73,75-78,83-84,103,106,111H,14-15,18-19,21,24-25,27-46,48,50,52-56H2,1-10H3,(H2,94,98)(H,95,110)(H2,93,96,97)/b13-11?,16-12+,59-17?,63-47+/t58-,60-,61-,62-,64-,65+,70+,72+,73-,75-,76+,77+,78-,83-,84+,92-/m1/s1. The highest BCUT2D eigenvalue weighted by Crippen LogP contribution is 2.40. The summed E-state index contributed by atoms with van der Waals surface area (Å²) in [6.45, 7) is 19.8. The fourth-order valence-corrected chi connectivity index (χ4v) is 17.1. The Balaban J connectivity index is 0.558. The summed E-state index contributed by atoms with van der Waals surface area (Å²) in [7, 11) is 4.52. The molecule has 0 spiro atoms. The van der Waals surface area contributed by atoms with E-state index in [1.807, 2.05) is 85.9 Å². The molecule has 126 heavy (non-hydrogen) atoms. The zero-order valence-corrected chi connectivity index (χ0v) is 74.9. The number of cyclic esters (lactones) is 1. The van der Waals surface area contributed by atoms with E-state index in [1.165, 1.54) is 23.9 Å². The third-order valence-electron chi connectivity index (χ3n) is 24.4. The van der Waals surface area contributed by atoms with Gasteiger partial charge in [0.05, 0.1) is 135 Å². The first-order valence-electron chi connectivity index (χ1n) is 44.5. The van der Waals surface area contributed by atoms with E-state index in [1.54, 1.807) is 47.1 Å². The van der Waals surface area contributed by atoms with Gasteiger partial charge in [0, 0.05) is 83.7 Å². The van der Waals surface area contributed by atoms with Crippen molar-refractivity contribution < 1.29 is 115 Å². The summed E-state index contributed by atoms with van der Waals surface area (Å²) in [6, 6.07) is 10.7. The molecule has 1 saturated carbocycles. The first-order chi connectivity index (χ1) is 60.8. The number of ketones is 2. The van der Waals surface area contributed by atoms with Crippen molar-refractivity contribution in [1.29, 1.82) is 0 Å². The van der Waals surface area contributed by atoms with Crippen LogP contribution in [0.25, 0.3) is 33.4 Å². The van der Waals surface area contributed by atoms with E-state index in [0.717, 1.165) is 22.3 Å². The van der Waals surface area contributed by atoms with E-state index in [2.05, 4.69) is 32.4 Å². The number of nitrogens with one attached hydrogen (secondary N) is 1. The van der Waals surface area contributed by atoms with Crippen LogP contribution in [0.5, 0.6) is 0 Å². The van der Waals surface area contributed by atoms with Crippen molar-refractivity contribution in [2.24, 2.45) is 35.5 Å². The van der Waals surface area contributed by atoms with Gasteiger partial charge in [-0.2, -0.15) is 10.1 Å². The Morgan fingerprint density at radius 1 is 0.706 bits per heavy atom. The van der Waals surface area contributed by atoms with Crippen LogP contribution in [0.4, 0.5) is 16.6 Å². The molecule has 2 saturated heterocycles. The number of methoxy groups -OCH3 is 3. The van der Waals surface area contributed by atoms with Gasteiger partial charge in [-0.25, -0.2) is 24.2 Å². The van der Waals surface area contributed by atoms with Gasteiger partial charge in [-0.3, -0.25) is 19.2 Å². The summed E-state index contributed by atoms with van der Waals surface area (Å²) in [5.74, 6) is -7.69. The number of Topliss-reactive ketones (excluding diaryl/α,β-unsaturated/α-hetero) is 2. The molecular formula is C92H134N10O24. The van der Waals surface area contributed by atoms with Crippen LogP contribution < -0.4 is 16.8 Å². The highest BCUT2D eigenvalue weighted by Gasteiger charge is 2.53. The molecule has 3 fully saturated rings. The second-order valence-electron chi connectivity index (χ2n) is 33.8. The van der Waals surface area contributed by atoms with Crippen LogP contribution in [0.15, 0.2) is 94.7 Å². The average Bonchev–Trinajstić information content (AvgIpc) is 1.59. The van der Waals surface area contributed by atoms with Crippen LogP contribution in [0.3, 0.4) is 0 Å².